The van der Waals surface area contributed by atoms with E-state index in [4.69, 9.17) is 25.8 Å². The van der Waals surface area contributed by atoms with Crippen molar-refractivity contribution in [3.8, 4) is 11.5 Å². The maximum atomic E-state index is 14.4. The zero-order chi connectivity index (χ0) is 37.3. The van der Waals surface area contributed by atoms with Crippen LogP contribution in [0, 0.1) is 11.2 Å². The Hall–Kier alpha value is -4.44. The van der Waals surface area contributed by atoms with Gasteiger partial charge in [-0.1, -0.05) is 93.0 Å². The lowest BCUT2D eigenvalue weighted by molar-refractivity contribution is -0.138. The van der Waals surface area contributed by atoms with Crippen LogP contribution in [0.3, 0.4) is 0 Å². The van der Waals surface area contributed by atoms with E-state index < -0.39 is 23.9 Å². The minimum absolute atomic E-state index is 0.0210. The van der Waals surface area contributed by atoms with E-state index in [2.05, 4.69) is 41.5 Å². The first-order chi connectivity index (χ1) is 24.9. The summed E-state index contributed by atoms with van der Waals surface area (Å²) in [5.74, 6) is -0.228. The van der Waals surface area contributed by atoms with Crippen LogP contribution in [-0.2, 0) is 27.3 Å². The molecule has 4 aromatic rings. The number of halogens is 2. The molecule has 5 rings (SSSR count). The number of fused-ring (bicyclic) bond motifs is 1. The fraction of sp³-hybridized carbons (Fsp3) is 0.381. The Kier molecular flexibility index (Phi) is 13.3. The second-order valence-electron chi connectivity index (χ2n) is 14.4. The molecule has 52 heavy (non-hydrogen) atoms. The predicted molar refractivity (Wildman–Crippen MR) is 204 cm³/mol. The summed E-state index contributed by atoms with van der Waals surface area (Å²) in [7, 11) is 3.65. The average Bonchev–Trinajstić information content (AvgIpc) is 3.21. The molecule has 10 heteroatoms. The number of rotatable bonds is 15. The highest BCUT2D eigenvalue weighted by Crippen LogP contribution is 2.45. The molecule has 0 radical (unpaired) electrons. The first-order valence-electron chi connectivity index (χ1n) is 17.7. The number of para-hydroxylation sites is 1. The van der Waals surface area contributed by atoms with Crippen molar-refractivity contribution in [2.24, 2.45) is 5.41 Å². The second-order valence-corrected chi connectivity index (χ2v) is 14.8. The molecule has 0 aromatic heterocycles. The number of nitrogens with one attached hydrogen (secondary N) is 1. The van der Waals surface area contributed by atoms with Gasteiger partial charge in [0.25, 0.3) is 5.91 Å². The number of methoxy groups -OCH3 is 1. The molecule has 8 nitrogen and oxygen atoms in total. The van der Waals surface area contributed by atoms with E-state index in [0.29, 0.717) is 58.6 Å². The predicted octanol–water partition coefficient (Wildman–Crippen LogP) is 8.00. The third-order valence-electron chi connectivity index (χ3n) is 8.92. The van der Waals surface area contributed by atoms with Gasteiger partial charge in [-0.25, -0.2) is 4.39 Å². The summed E-state index contributed by atoms with van der Waals surface area (Å²) >= 11 is 6.59. The Balaban J connectivity index is 1.39. The number of aryl methyl sites for hydroxylation is 1. The van der Waals surface area contributed by atoms with Crippen molar-refractivity contribution in [3.63, 3.8) is 0 Å². The van der Waals surface area contributed by atoms with Gasteiger partial charge in [-0.05, 0) is 67.7 Å². The van der Waals surface area contributed by atoms with Crippen molar-refractivity contribution < 1.29 is 28.2 Å². The molecule has 0 bridgehead atoms. The van der Waals surface area contributed by atoms with Crippen LogP contribution >= 0.6 is 11.6 Å². The van der Waals surface area contributed by atoms with E-state index in [1.807, 2.05) is 51.1 Å². The summed E-state index contributed by atoms with van der Waals surface area (Å²) < 4.78 is 33.3. The van der Waals surface area contributed by atoms with Crippen LogP contribution in [-0.4, -0.2) is 63.2 Å². The van der Waals surface area contributed by atoms with Gasteiger partial charge in [-0.3, -0.25) is 9.59 Å². The molecule has 2 atom stereocenters. The number of hydrogen-bond donors (Lipinski definition) is 1. The lowest BCUT2D eigenvalue weighted by atomic mass is 9.94. The lowest BCUT2D eigenvalue weighted by Gasteiger charge is -2.31. The summed E-state index contributed by atoms with van der Waals surface area (Å²) in [6.07, 6.45) is -0.239. The largest absolute Gasteiger partial charge is 0.492 e. The number of amides is 2. The maximum absolute atomic E-state index is 14.4. The normalized spacial score (nSPS) is 16.0. The molecule has 1 aliphatic rings. The Morgan fingerprint density at radius 2 is 1.73 bits per heavy atom. The summed E-state index contributed by atoms with van der Waals surface area (Å²) in [5, 5.41) is 3.23. The van der Waals surface area contributed by atoms with Crippen molar-refractivity contribution in [2.75, 3.05) is 45.3 Å². The minimum Gasteiger partial charge on any atom is -0.492 e. The van der Waals surface area contributed by atoms with E-state index in [9.17, 15) is 14.0 Å². The van der Waals surface area contributed by atoms with Crippen LogP contribution in [0.4, 0.5) is 10.1 Å². The standard InChI is InChI=1S/C42H49ClFN3O5/c1-42(2,3)28-47-35-21-20-31(43)25-33(35)39(52-37(41(47)49)26-38(48)45-27-30-16-9-10-18-34(30)44)32-17-11-19-36(40(32)50-5)51-24-23-46(4)22-12-15-29-13-7-6-8-14-29/h6-11,13-14,16-21,25,37,39H,12,15,22-24,26-28H2,1-5H3,(H,45,48)/t37-,39-/m1/s1. The first kappa shape index (κ1) is 38.8. The molecular weight excluding hydrogens is 681 g/mol. The number of ether oxygens (including phenoxy) is 3. The summed E-state index contributed by atoms with van der Waals surface area (Å²) in [5.41, 5.74) is 3.30. The average molecular weight is 730 g/mol. The molecule has 0 saturated carbocycles. The molecule has 0 fully saturated rings. The highest BCUT2D eigenvalue weighted by atomic mass is 35.5. The smallest absolute Gasteiger partial charge is 0.256 e. The Labute approximate surface area is 311 Å². The first-order valence-corrected chi connectivity index (χ1v) is 18.1. The number of nitrogens with zero attached hydrogens (tertiary/aromatic N) is 2. The fourth-order valence-corrected chi connectivity index (χ4v) is 6.53. The molecule has 0 unspecified atom stereocenters. The molecule has 0 spiro atoms. The number of likely N-dealkylation sites (N-methyl/N-ethyl adjacent to an activating group) is 1. The summed E-state index contributed by atoms with van der Waals surface area (Å²) in [6.45, 7) is 8.53. The van der Waals surface area contributed by atoms with Crippen LogP contribution < -0.4 is 19.7 Å². The molecule has 1 aliphatic heterocycles. The van der Waals surface area contributed by atoms with Gasteiger partial charge in [0.1, 0.15) is 24.6 Å². The topological polar surface area (TPSA) is 80.3 Å². The molecule has 1 N–H and O–H groups in total. The number of anilines is 1. The van der Waals surface area contributed by atoms with Crippen molar-refractivity contribution in [1.29, 1.82) is 0 Å². The highest BCUT2D eigenvalue weighted by Gasteiger charge is 2.40. The Morgan fingerprint density at radius 3 is 2.46 bits per heavy atom. The molecule has 2 amide bonds. The van der Waals surface area contributed by atoms with Crippen LogP contribution in [0.25, 0.3) is 0 Å². The molecular formula is C42H49ClFN3O5. The quantitative estimate of drug-likeness (QED) is 0.134. The Morgan fingerprint density at radius 1 is 0.981 bits per heavy atom. The van der Waals surface area contributed by atoms with Crippen molar-refractivity contribution in [1.82, 2.24) is 10.2 Å². The highest BCUT2D eigenvalue weighted by molar-refractivity contribution is 6.30. The zero-order valence-electron chi connectivity index (χ0n) is 30.7. The van der Waals surface area contributed by atoms with Crippen molar-refractivity contribution >= 4 is 29.1 Å². The molecule has 4 aromatic carbocycles. The van der Waals surface area contributed by atoms with Gasteiger partial charge in [0.15, 0.2) is 11.5 Å². The number of carbonyl (C=O) groups excluding carboxylic acids is 2. The number of benzene rings is 4. The Bertz CT molecular complexity index is 1820. The number of hydrogen-bond acceptors (Lipinski definition) is 6. The third kappa shape index (κ3) is 10.3. The fourth-order valence-electron chi connectivity index (χ4n) is 6.35. The molecule has 0 aliphatic carbocycles. The van der Waals surface area contributed by atoms with Gasteiger partial charge in [-0.2, -0.15) is 0 Å². The van der Waals surface area contributed by atoms with Crippen LogP contribution in [0.5, 0.6) is 11.5 Å². The van der Waals surface area contributed by atoms with E-state index in [1.165, 1.54) is 11.6 Å². The minimum atomic E-state index is -1.17. The summed E-state index contributed by atoms with van der Waals surface area (Å²) in [6, 6.07) is 27.6. The van der Waals surface area contributed by atoms with Crippen LogP contribution in [0.2, 0.25) is 5.02 Å². The van der Waals surface area contributed by atoms with Gasteiger partial charge in [-0.15, -0.1) is 0 Å². The monoisotopic (exact) mass is 729 g/mol. The van der Waals surface area contributed by atoms with E-state index in [-0.39, 0.29) is 24.3 Å². The zero-order valence-corrected chi connectivity index (χ0v) is 31.4. The second kappa shape index (κ2) is 17.9. The number of carbonyl (C=O) groups is 2. The van der Waals surface area contributed by atoms with Gasteiger partial charge in [0.05, 0.1) is 13.5 Å². The van der Waals surface area contributed by atoms with E-state index in [0.717, 1.165) is 19.4 Å². The van der Waals surface area contributed by atoms with Gasteiger partial charge < -0.3 is 29.3 Å². The van der Waals surface area contributed by atoms with Crippen molar-refractivity contribution in [3.05, 3.63) is 124 Å². The maximum Gasteiger partial charge on any atom is 0.256 e. The van der Waals surface area contributed by atoms with Crippen LogP contribution in [0.1, 0.15) is 62.0 Å². The van der Waals surface area contributed by atoms with E-state index in [1.54, 1.807) is 42.3 Å². The third-order valence-corrected chi connectivity index (χ3v) is 9.15. The van der Waals surface area contributed by atoms with Crippen molar-refractivity contribution in [2.45, 2.75) is 58.8 Å². The molecule has 0 saturated heterocycles. The van der Waals surface area contributed by atoms with Crippen LogP contribution in [0.15, 0.2) is 91.0 Å². The van der Waals surface area contributed by atoms with Gasteiger partial charge >= 0.3 is 0 Å². The van der Waals surface area contributed by atoms with Gasteiger partial charge in [0.2, 0.25) is 5.91 Å². The molecule has 1 heterocycles. The molecule has 276 valence electrons. The van der Waals surface area contributed by atoms with E-state index >= 15 is 0 Å². The lowest BCUT2D eigenvalue weighted by Crippen LogP contribution is -2.45. The SMILES string of the molecule is COc1c(OCCN(C)CCCc2ccccc2)cccc1[C@H]1O[C@H](CC(=O)NCc2ccccc2F)C(=O)N(CC(C)(C)C)c2ccc(Cl)cc21. The van der Waals surface area contributed by atoms with Gasteiger partial charge in [0, 0.05) is 47.0 Å². The summed E-state index contributed by atoms with van der Waals surface area (Å²) in [4.78, 5) is 31.6.